The summed E-state index contributed by atoms with van der Waals surface area (Å²) >= 11 is 0. The molecule has 0 bridgehead atoms. The first-order valence-electron chi connectivity index (χ1n) is 6.46. The van der Waals surface area contributed by atoms with E-state index in [0.29, 0.717) is 0 Å². The molecule has 1 aromatic carbocycles. The van der Waals surface area contributed by atoms with Gasteiger partial charge in [-0.3, -0.25) is 9.69 Å². The van der Waals surface area contributed by atoms with Crippen LogP contribution >= 0.6 is 0 Å². The van der Waals surface area contributed by atoms with Gasteiger partial charge in [0.25, 0.3) is 0 Å². The third kappa shape index (κ3) is 3.75. The molecule has 0 radical (unpaired) electrons. The van der Waals surface area contributed by atoms with E-state index in [4.69, 9.17) is 5.11 Å². The quantitative estimate of drug-likeness (QED) is 0.899. The van der Waals surface area contributed by atoms with Gasteiger partial charge in [-0.2, -0.15) is 0 Å². The molecule has 104 valence electrons. The largest absolute Gasteiger partial charge is 0.481 e. The van der Waals surface area contributed by atoms with Gasteiger partial charge in [-0.05, 0) is 24.7 Å². The van der Waals surface area contributed by atoms with Crippen LogP contribution in [0.5, 0.6) is 0 Å². The fraction of sp³-hybridized carbons (Fsp3) is 0.500. The Balaban J connectivity index is 2.18. The summed E-state index contributed by atoms with van der Waals surface area (Å²) in [5.74, 6) is -1.17. The number of hydrogen-bond donors (Lipinski definition) is 1. The van der Waals surface area contributed by atoms with Crippen LogP contribution in [0.1, 0.15) is 18.0 Å². The molecule has 1 heterocycles. The van der Waals surface area contributed by atoms with Crippen LogP contribution in [0, 0.1) is 5.82 Å². The standard InChI is InChI=1S/C14H19FN2O2/c1-16-5-7-17(8-6-16)13(10-14(18)19)11-3-2-4-12(15)9-11/h2-4,9,13H,5-8,10H2,1H3,(H,18,19). The number of piperazine rings is 1. The van der Waals surface area contributed by atoms with E-state index in [2.05, 4.69) is 9.80 Å². The van der Waals surface area contributed by atoms with Crippen LogP contribution in [0.3, 0.4) is 0 Å². The first kappa shape index (κ1) is 14.0. The maximum atomic E-state index is 13.3. The SMILES string of the molecule is CN1CCN(C(CC(=O)O)c2cccc(F)c2)CC1. The van der Waals surface area contributed by atoms with Gasteiger partial charge in [-0.1, -0.05) is 12.1 Å². The lowest BCUT2D eigenvalue weighted by molar-refractivity contribution is -0.138. The maximum absolute atomic E-state index is 13.3. The molecule has 1 atom stereocenters. The van der Waals surface area contributed by atoms with Gasteiger partial charge in [0.15, 0.2) is 0 Å². The lowest BCUT2D eigenvalue weighted by Crippen LogP contribution is -2.46. The van der Waals surface area contributed by atoms with Crippen molar-refractivity contribution in [2.45, 2.75) is 12.5 Å². The molecule has 1 aliphatic heterocycles. The highest BCUT2D eigenvalue weighted by Gasteiger charge is 2.26. The summed E-state index contributed by atoms with van der Waals surface area (Å²) < 4.78 is 13.3. The number of benzene rings is 1. The smallest absolute Gasteiger partial charge is 0.305 e. The Labute approximate surface area is 112 Å². The van der Waals surface area contributed by atoms with Gasteiger partial charge in [-0.25, -0.2) is 4.39 Å². The summed E-state index contributed by atoms with van der Waals surface area (Å²) in [6.07, 6.45) is 0.00711. The van der Waals surface area contributed by atoms with Crippen molar-refractivity contribution < 1.29 is 14.3 Å². The minimum absolute atomic E-state index is 0.00711. The monoisotopic (exact) mass is 266 g/mol. The zero-order chi connectivity index (χ0) is 13.8. The first-order chi connectivity index (χ1) is 9.06. The zero-order valence-electron chi connectivity index (χ0n) is 11.1. The molecule has 1 aromatic rings. The molecule has 5 heteroatoms. The van der Waals surface area contributed by atoms with Crippen molar-refractivity contribution in [3.63, 3.8) is 0 Å². The molecule has 0 saturated carbocycles. The van der Waals surface area contributed by atoms with E-state index < -0.39 is 5.97 Å². The lowest BCUT2D eigenvalue weighted by atomic mass is 10.0. The number of rotatable bonds is 4. The average molecular weight is 266 g/mol. The third-order valence-electron chi connectivity index (χ3n) is 3.58. The Morgan fingerprint density at radius 3 is 2.63 bits per heavy atom. The van der Waals surface area contributed by atoms with Gasteiger partial charge in [-0.15, -0.1) is 0 Å². The van der Waals surface area contributed by atoms with Crippen LogP contribution in [0.15, 0.2) is 24.3 Å². The van der Waals surface area contributed by atoms with Crippen molar-refractivity contribution in [3.8, 4) is 0 Å². The van der Waals surface area contributed by atoms with Gasteiger partial charge >= 0.3 is 5.97 Å². The third-order valence-corrected chi connectivity index (χ3v) is 3.58. The number of carboxylic acids is 1. The van der Waals surface area contributed by atoms with Crippen molar-refractivity contribution in [2.75, 3.05) is 33.2 Å². The number of likely N-dealkylation sites (N-methyl/N-ethyl adjacent to an activating group) is 1. The van der Waals surface area contributed by atoms with E-state index in [1.807, 2.05) is 7.05 Å². The zero-order valence-corrected chi connectivity index (χ0v) is 11.1. The summed E-state index contributed by atoms with van der Waals surface area (Å²) in [5, 5.41) is 9.07. The molecule has 1 fully saturated rings. The molecule has 1 aliphatic rings. The number of carboxylic acid groups (broad SMARTS) is 1. The molecular weight excluding hydrogens is 247 g/mol. The molecule has 1 saturated heterocycles. The van der Waals surface area contributed by atoms with Gasteiger partial charge in [0.2, 0.25) is 0 Å². The van der Waals surface area contributed by atoms with Crippen molar-refractivity contribution >= 4 is 5.97 Å². The number of nitrogens with zero attached hydrogens (tertiary/aromatic N) is 2. The topological polar surface area (TPSA) is 43.8 Å². The fourth-order valence-corrected chi connectivity index (χ4v) is 2.47. The summed E-state index contributed by atoms with van der Waals surface area (Å²) in [6, 6.07) is 6.00. The Morgan fingerprint density at radius 1 is 1.37 bits per heavy atom. The summed E-state index contributed by atoms with van der Waals surface area (Å²) in [6.45, 7) is 3.44. The molecule has 0 aliphatic carbocycles. The fourth-order valence-electron chi connectivity index (χ4n) is 2.47. The lowest BCUT2D eigenvalue weighted by Gasteiger charge is -2.37. The predicted molar refractivity (Wildman–Crippen MR) is 70.5 cm³/mol. The summed E-state index contributed by atoms with van der Waals surface area (Å²) in [7, 11) is 2.05. The highest BCUT2D eigenvalue weighted by Crippen LogP contribution is 2.26. The second-order valence-electron chi connectivity index (χ2n) is 5.01. The van der Waals surface area contributed by atoms with Gasteiger partial charge in [0.1, 0.15) is 5.82 Å². The summed E-state index contributed by atoms with van der Waals surface area (Å²) in [4.78, 5) is 15.4. The van der Waals surface area contributed by atoms with E-state index in [1.54, 1.807) is 12.1 Å². The van der Waals surface area contributed by atoms with E-state index in [0.717, 1.165) is 31.7 Å². The molecule has 1 unspecified atom stereocenters. The first-order valence-corrected chi connectivity index (χ1v) is 6.46. The number of halogens is 1. The summed E-state index contributed by atoms with van der Waals surface area (Å²) in [5.41, 5.74) is 0.743. The van der Waals surface area contributed by atoms with E-state index in [1.165, 1.54) is 12.1 Å². The van der Waals surface area contributed by atoms with Crippen LogP contribution in [-0.2, 0) is 4.79 Å². The number of hydrogen-bond acceptors (Lipinski definition) is 3. The molecule has 2 rings (SSSR count). The minimum atomic E-state index is -0.854. The Bertz CT molecular complexity index is 445. The highest BCUT2D eigenvalue weighted by atomic mass is 19.1. The molecule has 0 amide bonds. The molecule has 0 aromatic heterocycles. The number of aliphatic carboxylic acids is 1. The van der Waals surface area contributed by atoms with Crippen molar-refractivity contribution in [1.82, 2.24) is 9.80 Å². The van der Waals surface area contributed by atoms with E-state index in [9.17, 15) is 9.18 Å². The number of carbonyl (C=O) groups is 1. The van der Waals surface area contributed by atoms with Crippen molar-refractivity contribution in [2.24, 2.45) is 0 Å². The van der Waals surface area contributed by atoms with Crippen LogP contribution in [0.4, 0.5) is 4.39 Å². The van der Waals surface area contributed by atoms with Gasteiger partial charge < -0.3 is 10.0 Å². The molecule has 19 heavy (non-hydrogen) atoms. The molecule has 1 N–H and O–H groups in total. The second-order valence-corrected chi connectivity index (χ2v) is 5.01. The molecular formula is C14H19FN2O2. The average Bonchev–Trinajstić information content (AvgIpc) is 2.37. The van der Waals surface area contributed by atoms with E-state index >= 15 is 0 Å². The normalized spacial score (nSPS) is 19.3. The predicted octanol–water partition coefficient (Wildman–Crippen LogP) is 1.59. The highest BCUT2D eigenvalue weighted by molar-refractivity contribution is 5.68. The van der Waals surface area contributed by atoms with Gasteiger partial charge in [0, 0.05) is 32.2 Å². The van der Waals surface area contributed by atoms with Gasteiger partial charge in [0.05, 0.1) is 6.42 Å². The van der Waals surface area contributed by atoms with Crippen LogP contribution < -0.4 is 0 Å². The van der Waals surface area contributed by atoms with Crippen molar-refractivity contribution in [1.29, 1.82) is 0 Å². The van der Waals surface area contributed by atoms with Crippen molar-refractivity contribution in [3.05, 3.63) is 35.6 Å². The van der Waals surface area contributed by atoms with E-state index in [-0.39, 0.29) is 18.3 Å². The minimum Gasteiger partial charge on any atom is -0.481 e. The van der Waals surface area contributed by atoms with Crippen LogP contribution in [0.25, 0.3) is 0 Å². The molecule has 0 spiro atoms. The Hall–Kier alpha value is -1.46. The van der Waals surface area contributed by atoms with Crippen LogP contribution in [0.2, 0.25) is 0 Å². The molecule has 4 nitrogen and oxygen atoms in total. The Kier molecular flexibility index (Phi) is 4.50. The Morgan fingerprint density at radius 2 is 2.05 bits per heavy atom. The van der Waals surface area contributed by atoms with Crippen LogP contribution in [-0.4, -0.2) is 54.1 Å². The maximum Gasteiger partial charge on any atom is 0.305 e. The second kappa shape index (κ2) is 6.12.